The molecule has 0 saturated heterocycles. The summed E-state index contributed by atoms with van der Waals surface area (Å²) in [6, 6.07) is 0.468. The van der Waals surface area contributed by atoms with Gasteiger partial charge in [-0.2, -0.15) is 26.3 Å². The molecule has 1 aromatic carbocycles. The Morgan fingerprint density at radius 1 is 1.00 bits per heavy atom. The van der Waals surface area contributed by atoms with Crippen LogP contribution in [0.1, 0.15) is 16.7 Å². The predicted octanol–water partition coefficient (Wildman–Crippen LogP) is 3.23. The van der Waals surface area contributed by atoms with Crippen molar-refractivity contribution in [1.82, 2.24) is 0 Å². The molecule has 2 nitrogen and oxygen atoms in total. The van der Waals surface area contributed by atoms with E-state index in [2.05, 4.69) is 4.74 Å². The van der Waals surface area contributed by atoms with Gasteiger partial charge in [0.05, 0.1) is 24.8 Å². The van der Waals surface area contributed by atoms with Crippen LogP contribution >= 0.6 is 0 Å². The Kier molecular flexibility index (Phi) is 3.80. The van der Waals surface area contributed by atoms with E-state index in [4.69, 9.17) is 5.11 Å². The van der Waals surface area contributed by atoms with Crippen molar-refractivity contribution in [1.29, 1.82) is 0 Å². The van der Waals surface area contributed by atoms with Crippen molar-refractivity contribution in [2.75, 3.05) is 7.11 Å². The molecule has 0 atom stereocenters. The van der Waals surface area contributed by atoms with Gasteiger partial charge in [-0.1, -0.05) is 0 Å². The molecule has 0 spiro atoms. The van der Waals surface area contributed by atoms with Crippen LogP contribution in [0, 0.1) is 0 Å². The van der Waals surface area contributed by atoms with E-state index in [1.807, 2.05) is 0 Å². The lowest BCUT2D eigenvalue weighted by atomic mass is 10.0. The first-order valence-corrected chi connectivity index (χ1v) is 4.57. The SMILES string of the molecule is COc1cc(C(F)(F)F)c(CO)cc1C(F)(F)F. The van der Waals surface area contributed by atoms with Crippen LogP contribution in [0.2, 0.25) is 0 Å². The number of alkyl halides is 6. The second kappa shape index (κ2) is 4.68. The third-order valence-electron chi connectivity index (χ3n) is 2.21. The first kappa shape index (κ1) is 14.6. The molecule has 0 aliphatic carbocycles. The molecule has 8 heteroatoms. The maximum absolute atomic E-state index is 12.5. The fourth-order valence-corrected chi connectivity index (χ4v) is 1.41. The molecule has 1 rings (SSSR count). The summed E-state index contributed by atoms with van der Waals surface area (Å²) in [5.74, 6) is -0.938. The molecule has 0 unspecified atom stereocenters. The van der Waals surface area contributed by atoms with Gasteiger partial charge in [0.1, 0.15) is 5.75 Å². The van der Waals surface area contributed by atoms with Crippen LogP contribution in [-0.4, -0.2) is 12.2 Å². The molecule has 0 aliphatic rings. The van der Waals surface area contributed by atoms with Crippen LogP contribution in [0.25, 0.3) is 0 Å². The summed E-state index contributed by atoms with van der Waals surface area (Å²) in [4.78, 5) is 0. The Balaban J connectivity index is 3.52. The number of methoxy groups -OCH3 is 1. The Morgan fingerprint density at radius 2 is 1.50 bits per heavy atom. The number of hydrogen-bond acceptors (Lipinski definition) is 2. The molecule has 102 valence electrons. The largest absolute Gasteiger partial charge is 0.496 e. The maximum atomic E-state index is 12.5. The van der Waals surface area contributed by atoms with Gasteiger partial charge >= 0.3 is 12.4 Å². The average Bonchev–Trinajstić information content (AvgIpc) is 2.24. The van der Waals surface area contributed by atoms with Gasteiger partial charge in [-0.25, -0.2) is 0 Å². The monoisotopic (exact) mass is 274 g/mol. The van der Waals surface area contributed by atoms with Gasteiger partial charge in [0, 0.05) is 0 Å². The van der Waals surface area contributed by atoms with E-state index in [0.717, 1.165) is 7.11 Å². The summed E-state index contributed by atoms with van der Waals surface area (Å²) >= 11 is 0. The number of aliphatic hydroxyl groups is 1. The van der Waals surface area contributed by atoms with Gasteiger partial charge in [-0.15, -0.1) is 0 Å². The standard InChI is InChI=1S/C10H8F6O2/c1-18-8-3-6(9(11,12)13)5(4-17)2-7(8)10(14,15)16/h2-3,17H,4H2,1H3. The normalized spacial score (nSPS) is 12.7. The van der Waals surface area contributed by atoms with E-state index >= 15 is 0 Å². The smallest absolute Gasteiger partial charge is 0.419 e. The summed E-state index contributed by atoms with van der Waals surface area (Å²) in [5, 5.41) is 8.73. The number of hydrogen-bond donors (Lipinski definition) is 1. The third kappa shape index (κ3) is 2.87. The Bertz CT molecular complexity index is 393. The summed E-state index contributed by atoms with van der Waals surface area (Å²) in [6.07, 6.45) is -9.73. The van der Waals surface area contributed by atoms with Crippen LogP contribution in [0.15, 0.2) is 12.1 Å². The molecule has 0 saturated carbocycles. The minimum Gasteiger partial charge on any atom is -0.496 e. The Morgan fingerprint density at radius 3 is 1.83 bits per heavy atom. The number of ether oxygens (including phenoxy) is 1. The van der Waals surface area contributed by atoms with E-state index < -0.39 is 41.4 Å². The molecule has 0 aliphatic heterocycles. The minimum atomic E-state index is -4.87. The average molecular weight is 274 g/mol. The highest BCUT2D eigenvalue weighted by atomic mass is 19.4. The highest BCUT2D eigenvalue weighted by Gasteiger charge is 2.39. The zero-order chi connectivity index (χ0) is 14.1. The lowest BCUT2D eigenvalue weighted by Gasteiger charge is -2.17. The fraction of sp³-hybridized carbons (Fsp3) is 0.400. The molecule has 0 radical (unpaired) electrons. The van der Waals surface area contributed by atoms with Crippen molar-refractivity contribution in [3.8, 4) is 5.75 Å². The second-order valence-electron chi connectivity index (χ2n) is 3.36. The van der Waals surface area contributed by atoms with Crippen molar-refractivity contribution in [3.63, 3.8) is 0 Å². The quantitative estimate of drug-likeness (QED) is 0.839. The number of rotatable bonds is 2. The van der Waals surface area contributed by atoms with Crippen LogP contribution < -0.4 is 4.74 Å². The van der Waals surface area contributed by atoms with Crippen LogP contribution in [0.4, 0.5) is 26.3 Å². The lowest BCUT2D eigenvalue weighted by molar-refractivity contribution is -0.143. The van der Waals surface area contributed by atoms with Crippen LogP contribution in [-0.2, 0) is 19.0 Å². The summed E-state index contributed by atoms with van der Waals surface area (Å²) < 4.78 is 79.5. The molecule has 1 aromatic rings. The third-order valence-corrected chi connectivity index (χ3v) is 2.21. The Hall–Kier alpha value is -1.44. The summed E-state index contributed by atoms with van der Waals surface area (Å²) in [5.41, 5.74) is -3.56. The van der Waals surface area contributed by atoms with Gasteiger partial charge in [0.2, 0.25) is 0 Å². The van der Waals surface area contributed by atoms with Gasteiger partial charge < -0.3 is 9.84 Å². The van der Waals surface area contributed by atoms with Crippen molar-refractivity contribution in [3.05, 3.63) is 28.8 Å². The Labute approximate surface area is 97.8 Å². The number of benzene rings is 1. The van der Waals surface area contributed by atoms with Crippen molar-refractivity contribution < 1.29 is 36.2 Å². The van der Waals surface area contributed by atoms with Gasteiger partial charge in [-0.3, -0.25) is 0 Å². The van der Waals surface area contributed by atoms with Gasteiger partial charge in [-0.05, 0) is 17.7 Å². The zero-order valence-corrected chi connectivity index (χ0v) is 8.99. The first-order valence-electron chi connectivity index (χ1n) is 4.57. The molecule has 0 fully saturated rings. The molecule has 0 heterocycles. The molecule has 1 N–H and O–H groups in total. The summed E-state index contributed by atoms with van der Waals surface area (Å²) in [6.45, 7) is -1.15. The highest BCUT2D eigenvalue weighted by molar-refractivity contribution is 5.45. The lowest BCUT2D eigenvalue weighted by Crippen LogP contribution is -2.14. The molecule has 0 bridgehead atoms. The minimum absolute atomic E-state index is 0.231. The van der Waals surface area contributed by atoms with E-state index in [9.17, 15) is 26.3 Å². The second-order valence-corrected chi connectivity index (χ2v) is 3.36. The maximum Gasteiger partial charge on any atom is 0.419 e. The predicted molar refractivity (Wildman–Crippen MR) is 48.9 cm³/mol. The van der Waals surface area contributed by atoms with Crippen molar-refractivity contribution >= 4 is 0 Å². The highest BCUT2D eigenvalue weighted by Crippen LogP contribution is 2.41. The van der Waals surface area contributed by atoms with Gasteiger partial charge in [0.15, 0.2) is 0 Å². The van der Waals surface area contributed by atoms with Crippen molar-refractivity contribution in [2.24, 2.45) is 0 Å². The fourth-order valence-electron chi connectivity index (χ4n) is 1.41. The van der Waals surface area contributed by atoms with E-state index in [0.29, 0.717) is 0 Å². The molecule has 0 amide bonds. The molecule has 18 heavy (non-hydrogen) atoms. The molecular weight excluding hydrogens is 266 g/mol. The number of halogens is 6. The molecule has 0 aromatic heterocycles. The van der Waals surface area contributed by atoms with E-state index in [1.54, 1.807) is 0 Å². The van der Waals surface area contributed by atoms with E-state index in [-0.39, 0.29) is 12.1 Å². The molecular formula is C10H8F6O2. The summed E-state index contributed by atoms with van der Waals surface area (Å²) in [7, 11) is 0.837. The zero-order valence-electron chi connectivity index (χ0n) is 8.99. The van der Waals surface area contributed by atoms with Crippen molar-refractivity contribution in [2.45, 2.75) is 19.0 Å². The topological polar surface area (TPSA) is 29.5 Å². The number of aliphatic hydroxyl groups excluding tert-OH is 1. The van der Waals surface area contributed by atoms with Crippen LogP contribution in [0.5, 0.6) is 5.75 Å². The van der Waals surface area contributed by atoms with E-state index in [1.165, 1.54) is 0 Å². The first-order chi connectivity index (χ1) is 8.11. The van der Waals surface area contributed by atoms with Gasteiger partial charge in [0.25, 0.3) is 0 Å². The van der Waals surface area contributed by atoms with Crippen LogP contribution in [0.3, 0.4) is 0 Å².